The Balaban J connectivity index is 1.82. The topological polar surface area (TPSA) is 21.3 Å². The lowest BCUT2D eigenvalue weighted by molar-refractivity contribution is -0.00910. The van der Waals surface area contributed by atoms with Gasteiger partial charge >= 0.3 is 0 Å². The van der Waals surface area contributed by atoms with E-state index in [0.717, 1.165) is 19.4 Å². The highest BCUT2D eigenvalue weighted by Crippen LogP contribution is 2.29. The van der Waals surface area contributed by atoms with Crippen molar-refractivity contribution in [2.75, 3.05) is 11.9 Å². The van der Waals surface area contributed by atoms with Gasteiger partial charge in [-0.2, -0.15) is 0 Å². The number of hydrogen-bond acceptors (Lipinski definition) is 2. The number of anilines is 1. The zero-order valence-electron chi connectivity index (χ0n) is 10.4. The molecule has 0 saturated carbocycles. The molecule has 88 valence electrons. The number of nitrogens with one attached hydrogen (secondary N) is 1. The van der Waals surface area contributed by atoms with Gasteiger partial charge in [-0.15, -0.1) is 0 Å². The van der Waals surface area contributed by atoms with E-state index in [4.69, 9.17) is 4.74 Å². The van der Waals surface area contributed by atoms with Gasteiger partial charge < -0.3 is 10.1 Å². The summed E-state index contributed by atoms with van der Waals surface area (Å²) in [5.74, 6) is 0. The van der Waals surface area contributed by atoms with E-state index in [1.807, 2.05) is 0 Å². The van der Waals surface area contributed by atoms with Crippen LogP contribution in [0.1, 0.15) is 32.3 Å². The van der Waals surface area contributed by atoms with Crippen LogP contribution >= 0.6 is 0 Å². The van der Waals surface area contributed by atoms with Gasteiger partial charge in [-0.1, -0.05) is 17.7 Å². The van der Waals surface area contributed by atoms with E-state index in [1.54, 1.807) is 0 Å². The summed E-state index contributed by atoms with van der Waals surface area (Å²) in [4.78, 5) is 0. The molecule has 1 heterocycles. The summed E-state index contributed by atoms with van der Waals surface area (Å²) in [6.07, 6.45) is 2.68. The Morgan fingerprint density at radius 2 is 2.00 bits per heavy atom. The maximum Gasteiger partial charge on any atom is 0.0755 e. The first-order valence-corrected chi connectivity index (χ1v) is 6.03. The van der Waals surface area contributed by atoms with Gasteiger partial charge in [0.15, 0.2) is 0 Å². The molecule has 1 saturated heterocycles. The molecule has 0 spiro atoms. The molecule has 1 aliphatic rings. The second-order valence-corrected chi connectivity index (χ2v) is 5.29. The molecule has 0 aromatic heterocycles. The fourth-order valence-corrected chi connectivity index (χ4v) is 2.12. The minimum atomic E-state index is 0.0691. The summed E-state index contributed by atoms with van der Waals surface area (Å²) in [6.45, 7) is 7.34. The van der Waals surface area contributed by atoms with Crippen LogP contribution in [0.5, 0.6) is 0 Å². The number of rotatable bonds is 3. The molecule has 0 radical (unpaired) electrons. The fraction of sp³-hybridized carbons (Fsp3) is 0.571. The Hall–Kier alpha value is -1.02. The lowest BCUT2D eigenvalue weighted by atomic mass is 10.1. The highest BCUT2D eigenvalue weighted by Gasteiger charge is 2.31. The normalized spacial score (nSPS) is 23.3. The van der Waals surface area contributed by atoms with Gasteiger partial charge in [-0.05, 0) is 45.7 Å². The van der Waals surface area contributed by atoms with Crippen LogP contribution in [0.25, 0.3) is 0 Å². The van der Waals surface area contributed by atoms with Crippen molar-refractivity contribution in [1.29, 1.82) is 0 Å². The molecule has 2 nitrogen and oxygen atoms in total. The summed E-state index contributed by atoms with van der Waals surface area (Å²) in [5.41, 5.74) is 2.54. The Morgan fingerprint density at radius 3 is 2.56 bits per heavy atom. The number of hydrogen-bond donors (Lipinski definition) is 1. The zero-order valence-corrected chi connectivity index (χ0v) is 10.4. The van der Waals surface area contributed by atoms with Crippen LogP contribution in [0.15, 0.2) is 24.3 Å². The molecule has 1 aromatic rings. The number of aryl methyl sites for hydroxylation is 1. The zero-order chi connectivity index (χ0) is 11.6. The van der Waals surface area contributed by atoms with Crippen LogP contribution in [0.4, 0.5) is 5.69 Å². The third-order valence-corrected chi connectivity index (χ3v) is 3.14. The van der Waals surface area contributed by atoms with Crippen molar-refractivity contribution in [2.24, 2.45) is 0 Å². The number of ether oxygens (including phenoxy) is 1. The Kier molecular flexibility index (Phi) is 3.20. The van der Waals surface area contributed by atoms with Crippen molar-refractivity contribution in [1.82, 2.24) is 0 Å². The minimum absolute atomic E-state index is 0.0691. The minimum Gasteiger partial charge on any atom is -0.382 e. The summed E-state index contributed by atoms with van der Waals surface area (Å²) in [7, 11) is 0. The van der Waals surface area contributed by atoms with Crippen molar-refractivity contribution < 1.29 is 4.74 Å². The van der Waals surface area contributed by atoms with Gasteiger partial charge in [-0.3, -0.25) is 0 Å². The lowest BCUT2D eigenvalue weighted by Crippen LogP contribution is -2.24. The first-order chi connectivity index (χ1) is 7.55. The average molecular weight is 219 g/mol. The molecular formula is C14H21NO. The Morgan fingerprint density at radius 1 is 1.31 bits per heavy atom. The van der Waals surface area contributed by atoms with Crippen molar-refractivity contribution in [2.45, 2.75) is 45.3 Å². The summed E-state index contributed by atoms with van der Waals surface area (Å²) in [5, 5.41) is 3.43. The predicted octanol–water partition coefficient (Wildman–Crippen LogP) is 3.36. The molecule has 1 fully saturated rings. The highest BCUT2D eigenvalue weighted by atomic mass is 16.5. The Labute approximate surface area is 98.0 Å². The molecule has 16 heavy (non-hydrogen) atoms. The van der Waals surface area contributed by atoms with Crippen LogP contribution in [0, 0.1) is 6.92 Å². The smallest absolute Gasteiger partial charge is 0.0755 e. The molecular weight excluding hydrogens is 198 g/mol. The molecule has 1 aliphatic heterocycles. The van der Waals surface area contributed by atoms with Crippen LogP contribution in [0.2, 0.25) is 0 Å². The van der Waals surface area contributed by atoms with Crippen LogP contribution in [-0.4, -0.2) is 18.2 Å². The third-order valence-electron chi connectivity index (χ3n) is 3.14. The van der Waals surface area contributed by atoms with Crippen molar-refractivity contribution in [3.05, 3.63) is 29.8 Å². The molecule has 0 aliphatic carbocycles. The standard InChI is InChI=1S/C14H21NO/c1-11-4-6-12(7-5-11)15-10-13-8-9-14(2,3)16-13/h4-7,13,15H,8-10H2,1-3H3. The van der Waals surface area contributed by atoms with Gasteiger partial charge in [-0.25, -0.2) is 0 Å². The molecule has 1 unspecified atom stereocenters. The van der Waals surface area contributed by atoms with Gasteiger partial charge in [0.2, 0.25) is 0 Å². The van der Waals surface area contributed by atoms with Gasteiger partial charge in [0.05, 0.1) is 11.7 Å². The largest absolute Gasteiger partial charge is 0.382 e. The second-order valence-electron chi connectivity index (χ2n) is 5.29. The van der Waals surface area contributed by atoms with Gasteiger partial charge in [0, 0.05) is 12.2 Å². The summed E-state index contributed by atoms with van der Waals surface area (Å²) < 4.78 is 5.93. The lowest BCUT2D eigenvalue weighted by Gasteiger charge is -2.19. The SMILES string of the molecule is Cc1ccc(NCC2CCC(C)(C)O2)cc1. The van der Waals surface area contributed by atoms with Gasteiger partial charge in [0.1, 0.15) is 0 Å². The molecule has 0 amide bonds. The fourth-order valence-electron chi connectivity index (χ4n) is 2.12. The van der Waals surface area contributed by atoms with Crippen molar-refractivity contribution in [3.8, 4) is 0 Å². The first-order valence-electron chi connectivity index (χ1n) is 6.03. The second kappa shape index (κ2) is 4.46. The summed E-state index contributed by atoms with van der Waals surface area (Å²) >= 11 is 0. The van der Waals surface area contributed by atoms with E-state index < -0.39 is 0 Å². The van der Waals surface area contributed by atoms with E-state index in [2.05, 4.69) is 50.4 Å². The van der Waals surface area contributed by atoms with E-state index in [1.165, 1.54) is 11.3 Å². The van der Waals surface area contributed by atoms with Crippen molar-refractivity contribution >= 4 is 5.69 Å². The maximum absolute atomic E-state index is 5.93. The molecule has 0 bridgehead atoms. The third kappa shape index (κ3) is 2.99. The molecule has 1 aromatic carbocycles. The van der Waals surface area contributed by atoms with Crippen LogP contribution in [-0.2, 0) is 4.74 Å². The average Bonchev–Trinajstić information content (AvgIpc) is 2.58. The van der Waals surface area contributed by atoms with Crippen LogP contribution in [0.3, 0.4) is 0 Å². The van der Waals surface area contributed by atoms with E-state index >= 15 is 0 Å². The molecule has 1 atom stereocenters. The van der Waals surface area contributed by atoms with Crippen molar-refractivity contribution in [3.63, 3.8) is 0 Å². The maximum atomic E-state index is 5.93. The van der Waals surface area contributed by atoms with Crippen LogP contribution < -0.4 is 5.32 Å². The Bertz CT molecular complexity index is 342. The molecule has 2 rings (SSSR count). The first kappa shape index (κ1) is 11.5. The molecule has 2 heteroatoms. The monoisotopic (exact) mass is 219 g/mol. The van der Waals surface area contributed by atoms with E-state index in [-0.39, 0.29) is 5.60 Å². The molecule has 1 N–H and O–H groups in total. The highest BCUT2D eigenvalue weighted by molar-refractivity contribution is 5.44. The van der Waals surface area contributed by atoms with E-state index in [0.29, 0.717) is 6.10 Å². The quantitative estimate of drug-likeness (QED) is 0.841. The van der Waals surface area contributed by atoms with Gasteiger partial charge in [0.25, 0.3) is 0 Å². The number of benzene rings is 1. The van der Waals surface area contributed by atoms with E-state index in [9.17, 15) is 0 Å². The predicted molar refractivity (Wildman–Crippen MR) is 67.9 cm³/mol. The summed E-state index contributed by atoms with van der Waals surface area (Å²) in [6, 6.07) is 8.49.